The van der Waals surface area contributed by atoms with Crippen LogP contribution in [0.15, 0.2) is 102 Å². The third kappa shape index (κ3) is 9.71. The molecule has 0 N–H and O–H groups in total. The van der Waals surface area contributed by atoms with Crippen molar-refractivity contribution in [3.05, 3.63) is 132 Å². The van der Waals surface area contributed by atoms with E-state index in [0.29, 0.717) is 28.1 Å². The van der Waals surface area contributed by atoms with Crippen LogP contribution in [-0.4, -0.2) is 23.0 Å². The number of nitrogens with zero attached hydrogens (tertiary/aromatic N) is 3. The van der Waals surface area contributed by atoms with Crippen molar-refractivity contribution in [2.75, 3.05) is 0 Å². The molecule has 0 fully saturated rings. The van der Waals surface area contributed by atoms with Gasteiger partial charge < -0.3 is 14.4 Å². The Morgan fingerprint density at radius 3 is 2.09 bits per heavy atom. The van der Waals surface area contributed by atoms with E-state index in [9.17, 15) is 0 Å². The molecule has 6 heteroatoms. The molecule has 0 aliphatic rings. The fraction of sp³-hybridized carbons (Fsp3) is 0.312. The maximum Gasteiger partial charge on any atom is 0.216 e. The van der Waals surface area contributed by atoms with Crippen molar-refractivity contribution in [3.8, 4) is 33.8 Å². The summed E-state index contributed by atoms with van der Waals surface area (Å²) < 4.78 is 41.1. The number of fused-ring (bicyclic) bond motifs is 3. The van der Waals surface area contributed by atoms with Crippen LogP contribution in [0.25, 0.3) is 55.8 Å². The van der Waals surface area contributed by atoms with Crippen molar-refractivity contribution in [3.63, 3.8) is 0 Å². The van der Waals surface area contributed by atoms with Crippen molar-refractivity contribution >= 4 is 35.3 Å². The van der Waals surface area contributed by atoms with E-state index in [1.165, 1.54) is 11.1 Å². The third-order valence-corrected chi connectivity index (χ3v) is 10.8. The van der Waals surface area contributed by atoms with Crippen molar-refractivity contribution in [1.82, 2.24) is 15.0 Å². The molecular formula is C48H53IrN3OSi-2. The van der Waals surface area contributed by atoms with Gasteiger partial charge in [-0.15, -0.1) is 54.1 Å². The number of hydrogen-bond donors (Lipinski definition) is 0. The molecule has 4 nitrogen and oxygen atoms in total. The second-order valence-corrected chi connectivity index (χ2v) is 21.9. The van der Waals surface area contributed by atoms with Crippen molar-refractivity contribution in [2.45, 2.75) is 87.8 Å². The number of aromatic nitrogens is 3. The third-order valence-electron chi connectivity index (χ3n) is 8.78. The molecule has 0 saturated heterocycles. The van der Waals surface area contributed by atoms with Gasteiger partial charge in [-0.25, -0.2) is 4.98 Å². The van der Waals surface area contributed by atoms with Crippen LogP contribution in [0.2, 0.25) is 19.6 Å². The molecule has 7 aromatic rings. The van der Waals surface area contributed by atoms with E-state index in [-0.39, 0.29) is 20.1 Å². The molecule has 54 heavy (non-hydrogen) atoms. The van der Waals surface area contributed by atoms with Gasteiger partial charge >= 0.3 is 0 Å². The molecule has 281 valence electrons. The number of hydrogen-bond acceptors (Lipinski definition) is 4. The smallest absolute Gasteiger partial charge is 0.216 e. The molecule has 4 aromatic heterocycles. The Labute approximate surface area is 342 Å². The molecule has 0 unspecified atom stereocenters. The predicted molar refractivity (Wildman–Crippen MR) is 226 cm³/mol. The molecule has 0 spiro atoms. The zero-order chi connectivity index (χ0) is 41.7. The minimum absolute atomic E-state index is 0. The van der Waals surface area contributed by atoms with Gasteiger partial charge in [-0.2, -0.15) is 0 Å². The van der Waals surface area contributed by atoms with E-state index in [2.05, 4.69) is 79.9 Å². The van der Waals surface area contributed by atoms with E-state index in [1.807, 2.05) is 96.3 Å². The summed E-state index contributed by atoms with van der Waals surface area (Å²) in [6, 6.07) is 33.8. The Bertz CT molecular complexity index is 2550. The van der Waals surface area contributed by atoms with Crippen molar-refractivity contribution in [1.29, 1.82) is 0 Å². The Morgan fingerprint density at radius 2 is 1.44 bits per heavy atom. The fourth-order valence-corrected chi connectivity index (χ4v) is 7.90. The average molecular weight is 912 g/mol. The van der Waals surface area contributed by atoms with Crippen LogP contribution in [0.4, 0.5) is 0 Å². The molecule has 0 aliphatic carbocycles. The number of aryl methyl sites for hydroxylation is 2. The maximum absolute atomic E-state index is 8.75. The van der Waals surface area contributed by atoms with E-state index < -0.39 is 31.6 Å². The van der Waals surface area contributed by atoms with Gasteiger partial charge in [0.05, 0.1) is 19.4 Å². The fourth-order valence-electron chi connectivity index (χ4n) is 6.51. The van der Waals surface area contributed by atoms with Gasteiger partial charge in [-0.1, -0.05) is 114 Å². The maximum atomic E-state index is 8.75. The second-order valence-electron chi connectivity index (χ2n) is 16.8. The Morgan fingerprint density at radius 1 is 0.722 bits per heavy atom. The predicted octanol–water partition coefficient (Wildman–Crippen LogP) is 12.4. The summed E-state index contributed by atoms with van der Waals surface area (Å²) in [6.07, 6.45) is 0.603. The average Bonchev–Trinajstić information content (AvgIpc) is 3.52. The Balaban J connectivity index is 0.000000234. The van der Waals surface area contributed by atoms with Crippen molar-refractivity contribution in [2.24, 2.45) is 10.8 Å². The molecule has 0 atom stereocenters. The first-order valence-corrected chi connectivity index (χ1v) is 21.8. The van der Waals surface area contributed by atoms with Crippen molar-refractivity contribution < 1.29 is 30.0 Å². The van der Waals surface area contributed by atoms with Gasteiger partial charge in [0.1, 0.15) is 0 Å². The van der Waals surface area contributed by atoms with E-state index in [4.69, 9.17) is 14.9 Å². The normalized spacial score (nSPS) is 13.6. The number of benzene rings is 3. The summed E-state index contributed by atoms with van der Waals surface area (Å²) in [6.45, 7) is 22.5. The SMILES string of the molecule is [2H]C([2H])(c1cc(-c2[c-]cccc2)ncc1[Si](C)(C)C)C(C)(C)C.[2H]C([2H])(c1ccnc(-c2[c-]ccc3c2oc2nc(-c4c(C)cccc4C)ccc23)c1)C(C)(C)C.[Ir]. The van der Waals surface area contributed by atoms with Crippen LogP contribution in [0, 0.1) is 36.8 Å². The quantitative estimate of drug-likeness (QED) is 0.123. The van der Waals surface area contributed by atoms with Gasteiger partial charge in [0.2, 0.25) is 5.71 Å². The topological polar surface area (TPSA) is 51.8 Å². The monoisotopic (exact) mass is 912 g/mol. The van der Waals surface area contributed by atoms with Gasteiger partial charge in [-0.3, -0.25) is 0 Å². The molecule has 3 aromatic carbocycles. The second kappa shape index (κ2) is 16.2. The molecule has 4 heterocycles. The van der Waals surface area contributed by atoms with E-state index in [1.54, 1.807) is 18.3 Å². The minimum Gasteiger partial charge on any atom is -0.486 e. The summed E-state index contributed by atoms with van der Waals surface area (Å²) >= 11 is 0. The van der Waals surface area contributed by atoms with E-state index >= 15 is 0 Å². The summed E-state index contributed by atoms with van der Waals surface area (Å²) in [4.78, 5) is 14.0. The van der Waals surface area contributed by atoms with Gasteiger partial charge in [0.25, 0.3) is 0 Å². The molecule has 0 aliphatic heterocycles. The Kier molecular flexibility index (Phi) is 10.7. The first kappa shape index (κ1) is 35.5. The largest absolute Gasteiger partial charge is 0.486 e. The number of rotatable bonds is 6. The van der Waals surface area contributed by atoms with Gasteiger partial charge in [0.15, 0.2) is 0 Å². The number of furan rings is 1. The van der Waals surface area contributed by atoms with Crippen LogP contribution >= 0.6 is 0 Å². The number of pyridine rings is 3. The first-order chi connectivity index (χ1) is 26.5. The summed E-state index contributed by atoms with van der Waals surface area (Å²) in [5.41, 5.74) is 8.92. The molecule has 0 amide bonds. The minimum atomic E-state index is -1.70. The van der Waals surface area contributed by atoms with Crippen LogP contribution in [-0.2, 0) is 32.9 Å². The Hall–Kier alpha value is -4.22. The summed E-state index contributed by atoms with van der Waals surface area (Å²) in [5, 5.41) is 2.97. The van der Waals surface area contributed by atoms with E-state index in [0.717, 1.165) is 44.0 Å². The standard InChI is InChI=1S/C29H27N2O.C19H26NSi.Ir/c1-18-8-6-9-19(2)26(18)24-13-12-22-21-10-7-11-23(27(21)32-28(22)31-24)25-16-20(14-15-30-25)17-29(3,4)5;1-19(2,3)13-16-12-17(15-10-8-7-9-11-15)20-14-18(16)21(4,5)6;/h6-10,12-16H,17H2,1-5H3;7-10,12,14H,13H2,1-6H3;/q2*-1;/i17D2;13D2;. The molecule has 0 bridgehead atoms. The first-order valence-electron chi connectivity index (χ1n) is 20.3. The van der Waals surface area contributed by atoms with Crippen LogP contribution in [0.1, 0.15) is 69.3 Å². The van der Waals surface area contributed by atoms with Crippen LogP contribution < -0.4 is 5.19 Å². The summed E-state index contributed by atoms with van der Waals surface area (Å²) in [7, 11) is -1.70. The zero-order valence-electron chi connectivity index (χ0n) is 37.3. The molecule has 1 radical (unpaired) electrons. The van der Waals surface area contributed by atoms with Crippen LogP contribution in [0.5, 0.6) is 0 Å². The van der Waals surface area contributed by atoms with Crippen LogP contribution in [0.3, 0.4) is 0 Å². The summed E-state index contributed by atoms with van der Waals surface area (Å²) in [5.74, 6) is 0. The van der Waals surface area contributed by atoms with Gasteiger partial charge in [-0.05, 0) is 83.3 Å². The molecule has 7 rings (SSSR count). The zero-order valence-corrected chi connectivity index (χ0v) is 36.7. The molecular weight excluding hydrogens is 855 g/mol. The molecule has 0 saturated carbocycles. The van der Waals surface area contributed by atoms with Gasteiger partial charge in [0, 0.05) is 48.9 Å².